The summed E-state index contributed by atoms with van der Waals surface area (Å²) in [5.41, 5.74) is 2.38. The molecule has 146 valence electrons. The van der Waals surface area contributed by atoms with Crippen LogP contribution in [0.15, 0.2) is 42.5 Å². The Morgan fingerprint density at radius 3 is 2.39 bits per heavy atom. The quantitative estimate of drug-likeness (QED) is 0.525. The van der Waals surface area contributed by atoms with Crippen molar-refractivity contribution in [3.8, 4) is 11.5 Å². The van der Waals surface area contributed by atoms with Gasteiger partial charge in [-0.15, -0.1) is 0 Å². The second-order valence-corrected chi connectivity index (χ2v) is 9.94. The molecule has 2 aromatic carbocycles. The van der Waals surface area contributed by atoms with E-state index < -0.39 is 0 Å². The van der Waals surface area contributed by atoms with Gasteiger partial charge in [0.05, 0.1) is 13.2 Å². The van der Waals surface area contributed by atoms with Crippen molar-refractivity contribution in [3.63, 3.8) is 0 Å². The molecule has 0 atom stereocenters. The molecule has 0 unspecified atom stereocenters. The van der Waals surface area contributed by atoms with Crippen molar-refractivity contribution in [1.82, 2.24) is 0 Å². The van der Waals surface area contributed by atoms with Crippen molar-refractivity contribution < 1.29 is 14.0 Å². The molecule has 0 saturated carbocycles. The van der Waals surface area contributed by atoms with Crippen LogP contribution in [0, 0.1) is 0 Å². The predicted octanol–water partition coefficient (Wildman–Crippen LogP) is 5.13. The topological polar surface area (TPSA) is 22.3 Å². The van der Waals surface area contributed by atoms with Crippen LogP contribution in [0.1, 0.15) is 10.6 Å². The van der Waals surface area contributed by atoms with Gasteiger partial charge in [-0.1, -0.05) is 29.5 Å². The van der Waals surface area contributed by atoms with Crippen LogP contribution in [0.4, 0.5) is 0 Å². The third-order valence-electron chi connectivity index (χ3n) is 4.50. The van der Waals surface area contributed by atoms with Gasteiger partial charge in [-0.05, 0) is 29.8 Å². The van der Waals surface area contributed by atoms with E-state index in [4.69, 9.17) is 9.47 Å². The van der Waals surface area contributed by atoms with E-state index >= 15 is 0 Å². The van der Waals surface area contributed by atoms with Crippen LogP contribution in [0.2, 0.25) is 0 Å². The van der Waals surface area contributed by atoms with Gasteiger partial charge in [-0.2, -0.15) is 28.1 Å². The molecule has 0 bridgehead atoms. The van der Waals surface area contributed by atoms with Crippen molar-refractivity contribution >= 4 is 57.2 Å². The molecule has 0 N–H and O–H groups in total. The van der Waals surface area contributed by atoms with Gasteiger partial charge in [0.25, 0.3) is 5.01 Å². The molecular weight excluding hydrogens is 406 g/mol. The van der Waals surface area contributed by atoms with Gasteiger partial charge in [0.2, 0.25) is 5.52 Å². The zero-order chi connectivity index (χ0) is 19.2. The zero-order valence-electron chi connectivity index (χ0n) is 15.9. The third-order valence-corrected chi connectivity index (χ3v) is 7.84. The highest BCUT2D eigenvalue weighted by molar-refractivity contribution is 8.02. The second-order valence-electron chi connectivity index (χ2n) is 6.43. The third kappa shape index (κ3) is 4.85. The number of thiazole rings is 1. The molecule has 2 heterocycles. The molecule has 0 amide bonds. The van der Waals surface area contributed by atoms with E-state index in [1.54, 1.807) is 11.3 Å². The van der Waals surface area contributed by atoms with Crippen LogP contribution >= 0.6 is 34.9 Å². The number of fused-ring (bicyclic) bond motifs is 2. The maximum Gasteiger partial charge on any atom is 0.262 e. The molecule has 0 spiro atoms. The first-order valence-corrected chi connectivity index (χ1v) is 12.5. The highest BCUT2D eigenvalue weighted by Gasteiger charge is 2.13. The number of hydrogen-bond donors (Lipinski definition) is 0. The summed E-state index contributed by atoms with van der Waals surface area (Å²) in [6, 6.07) is 14.7. The molecular formula is C22H24NO2S3+. The summed E-state index contributed by atoms with van der Waals surface area (Å²) in [7, 11) is 2.11. The summed E-state index contributed by atoms with van der Waals surface area (Å²) in [5, 5.41) is 1.22. The molecule has 0 radical (unpaired) electrons. The number of aromatic nitrogens is 1. The highest BCUT2D eigenvalue weighted by atomic mass is 32.2. The lowest BCUT2D eigenvalue weighted by atomic mass is 10.2. The molecule has 0 aliphatic carbocycles. The van der Waals surface area contributed by atoms with Crippen LogP contribution in [-0.2, 0) is 7.05 Å². The molecule has 6 heteroatoms. The molecule has 0 fully saturated rings. The van der Waals surface area contributed by atoms with E-state index in [0.29, 0.717) is 6.61 Å². The molecule has 3 nitrogen and oxygen atoms in total. The summed E-state index contributed by atoms with van der Waals surface area (Å²) in [5.74, 6) is 6.07. The Balaban J connectivity index is 1.55. The van der Waals surface area contributed by atoms with Crippen molar-refractivity contribution in [2.45, 2.75) is 0 Å². The molecule has 1 aliphatic rings. The first-order chi connectivity index (χ1) is 13.8. The number of aryl methyl sites for hydroxylation is 1. The number of rotatable bonds is 2. The minimum absolute atomic E-state index is 0.712. The molecule has 3 aromatic rings. The van der Waals surface area contributed by atoms with E-state index in [2.05, 4.69) is 60.2 Å². The van der Waals surface area contributed by atoms with Gasteiger partial charge in [0.1, 0.15) is 11.7 Å². The number of nitrogens with zero attached hydrogens (tertiary/aromatic N) is 1. The normalized spacial score (nSPS) is 16.0. The van der Waals surface area contributed by atoms with E-state index in [-0.39, 0.29) is 0 Å². The van der Waals surface area contributed by atoms with Crippen LogP contribution in [0.3, 0.4) is 0 Å². The van der Waals surface area contributed by atoms with Crippen molar-refractivity contribution in [1.29, 1.82) is 0 Å². The Morgan fingerprint density at radius 2 is 1.61 bits per heavy atom. The van der Waals surface area contributed by atoms with Crippen molar-refractivity contribution in [2.24, 2.45) is 7.05 Å². The first-order valence-electron chi connectivity index (χ1n) is 9.42. The Hall–Kier alpha value is -1.63. The Kier molecular flexibility index (Phi) is 6.83. The standard InChI is InChI=1S/C22H24NO2S3/c1-23-18-4-2-3-5-21(18)28-22(23)9-7-17-6-8-19-20(16-17)25-11-13-27-15-14-26-12-10-24-19/h2-9,16H,10-15H2,1H3/q+1/b9-7+. The molecule has 28 heavy (non-hydrogen) atoms. The fraction of sp³-hybridized carbons (Fsp3) is 0.318. The first kappa shape index (κ1) is 19.7. The average Bonchev–Trinajstić information content (AvgIpc) is 3.03. The van der Waals surface area contributed by atoms with E-state index in [0.717, 1.165) is 35.2 Å². The van der Waals surface area contributed by atoms with Gasteiger partial charge < -0.3 is 9.47 Å². The number of thioether (sulfide) groups is 2. The lowest BCUT2D eigenvalue weighted by Gasteiger charge is -2.14. The second kappa shape index (κ2) is 9.72. The summed E-state index contributed by atoms with van der Waals surface area (Å²) in [6.07, 6.45) is 4.32. The van der Waals surface area contributed by atoms with Crippen molar-refractivity contribution in [3.05, 3.63) is 53.0 Å². The van der Waals surface area contributed by atoms with Gasteiger partial charge in [0, 0.05) is 35.2 Å². The average molecular weight is 431 g/mol. The summed E-state index contributed by atoms with van der Waals surface area (Å²) >= 11 is 5.71. The largest absolute Gasteiger partial charge is 0.489 e. The fourth-order valence-corrected chi connectivity index (χ4v) is 5.84. The lowest BCUT2D eigenvalue weighted by molar-refractivity contribution is -0.642. The fourth-order valence-electron chi connectivity index (χ4n) is 3.04. The molecule has 1 aliphatic heterocycles. The maximum absolute atomic E-state index is 6.04. The maximum atomic E-state index is 6.04. The minimum atomic E-state index is 0.712. The number of hydrogen-bond acceptors (Lipinski definition) is 5. The SMILES string of the molecule is C[n+]1c(/C=C/c2ccc3c(c2)OCCSCCSCCO3)sc2ccccc21. The van der Waals surface area contributed by atoms with Crippen LogP contribution in [-0.4, -0.2) is 36.2 Å². The zero-order valence-corrected chi connectivity index (χ0v) is 18.4. The number of ether oxygens (including phenoxy) is 2. The Bertz CT molecular complexity index is 968. The van der Waals surface area contributed by atoms with Gasteiger partial charge in [-0.25, -0.2) is 0 Å². The lowest BCUT2D eigenvalue weighted by Crippen LogP contribution is -2.28. The molecule has 0 saturated heterocycles. The minimum Gasteiger partial charge on any atom is -0.489 e. The summed E-state index contributed by atoms with van der Waals surface area (Å²) < 4.78 is 15.5. The predicted molar refractivity (Wildman–Crippen MR) is 124 cm³/mol. The Morgan fingerprint density at radius 1 is 0.857 bits per heavy atom. The molecule has 4 rings (SSSR count). The van der Waals surface area contributed by atoms with E-state index in [1.165, 1.54) is 26.7 Å². The van der Waals surface area contributed by atoms with Crippen LogP contribution < -0.4 is 14.0 Å². The molecule has 1 aromatic heterocycles. The van der Waals surface area contributed by atoms with Gasteiger partial charge >= 0.3 is 0 Å². The highest BCUT2D eigenvalue weighted by Crippen LogP contribution is 2.30. The van der Waals surface area contributed by atoms with Crippen LogP contribution in [0.5, 0.6) is 11.5 Å². The summed E-state index contributed by atoms with van der Waals surface area (Å²) in [6.45, 7) is 1.43. The number of para-hydroxylation sites is 1. The van der Waals surface area contributed by atoms with Crippen molar-refractivity contribution in [2.75, 3.05) is 36.2 Å². The summed E-state index contributed by atoms with van der Waals surface area (Å²) in [4.78, 5) is 0. The number of benzene rings is 2. The Labute approximate surface area is 178 Å². The smallest absolute Gasteiger partial charge is 0.262 e. The monoisotopic (exact) mass is 430 g/mol. The van der Waals surface area contributed by atoms with Crippen LogP contribution in [0.25, 0.3) is 22.4 Å². The van der Waals surface area contributed by atoms with E-state index in [9.17, 15) is 0 Å². The van der Waals surface area contributed by atoms with E-state index in [1.807, 2.05) is 29.6 Å². The van der Waals surface area contributed by atoms with Gasteiger partial charge in [0.15, 0.2) is 11.5 Å². The van der Waals surface area contributed by atoms with Gasteiger partial charge in [-0.3, -0.25) is 0 Å².